The number of unbranched alkanes of at least 4 members (excludes halogenated alkanes) is 4. The van der Waals surface area contributed by atoms with Crippen LogP contribution in [0.2, 0.25) is 0 Å². The molecule has 0 atom stereocenters. The van der Waals surface area contributed by atoms with Crippen LogP contribution >= 0.6 is 0 Å². The molecule has 0 saturated carbocycles. The number of carbonyl (C=O) groups excluding carboxylic acids is 2. The second kappa shape index (κ2) is 10.7. The largest absolute Gasteiger partial charge is 0.484 e. The highest BCUT2D eigenvalue weighted by Crippen LogP contribution is 2.10. The maximum absolute atomic E-state index is 11.6. The van der Waals surface area contributed by atoms with E-state index in [1.54, 1.807) is 12.1 Å². The number of hydrogen-bond acceptors (Lipinski definition) is 3. The predicted octanol–water partition coefficient (Wildman–Crippen LogP) is 2.88. The summed E-state index contributed by atoms with van der Waals surface area (Å²) < 4.78 is 5.32. The Morgan fingerprint density at radius 3 is 2.27 bits per heavy atom. The molecule has 1 aromatic carbocycles. The van der Waals surface area contributed by atoms with Gasteiger partial charge in [0.1, 0.15) is 5.75 Å². The van der Waals surface area contributed by atoms with Crippen LogP contribution in [-0.2, 0) is 9.59 Å². The summed E-state index contributed by atoms with van der Waals surface area (Å²) in [6, 6.07) is 7.43. The molecule has 2 amide bonds. The van der Waals surface area contributed by atoms with Crippen LogP contribution in [0.3, 0.4) is 0 Å². The first-order valence-corrected chi connectivity index (χ1v) is 7.89. The molecule has 1 aromatic rings. The first-order chi connectivity index (χ1) is 10.6. The number of rotatable bonds is 9. The molecule has 0 aliphatic heterocycles. The Hall–Kier alpha value is -2.04. The number of hydrogen-bond donors (Lipinski definition) is 2. The molecule has 0 saturated heterocycles. The van der Waals surface area contributed by atoms with Crippen molar-refractivity contribution in [1.29, 1.82) is 0 Å². The SMILES string of the molecule is CCCCCCCC(=O)NNC(=O)COc1ccc(C)cc1. The van der Waals surface area contributed by atoms with Crippen molar-refractivity contribution < 1.29 is 14.3 Å². The van der Waals surface area contributed by atoms with Gasteiger partial charge in [0.2, 0.25) is 5.91 Å². The summed E-state index contributed by atoms with van der Waals surface area (Å²) in [7, 11) is 0. The maximum atomic E-state index is 11.6. The Balaban J connectivity index is 2.09. The zero-order chi connectivity index (χ0) is 16.2. The zero-order valence-electron chi connectivity index (χ0n) is 13.5. The summed E-state index contributed by atoms with van der Waals surface area (Å²) >= 11 is 0. The number of nitrogens with one attached hydrogen (secondary N) is 2. The van der Waals surface area contributed by atoms with Crippen molar-refractivity contribution in [2.75, 3.05) is 6.61 Å². The van der Waals surface area contributed by atoms with E-state index in [0.717, 1.165) is 24.8 Å². The third-order valence-corrected chi connectivity index (χ3v) is 3.24. The molecule has 0 spiro atoms. The molecular weight excluding hydrogens is 280 g/mol. The second-order valence-electron chi connectivity index (χ2n) is 5.36. The molecule has 0 aliphatic carbocycles. The van der Waals surface area contributed by atoms with E-state index >= 15 is 0 Å². The van der Waals surface area contributed by atoms with E-state index in [9.17, 15) is 9.59 Å². The van der Waals surface area contributed by atoms with Crippen molar-refractivity contribution in [1.82, 2.24) is 10.9 Å². The lowest BCUT2D eigenvalue weighted by Crippen LogP contribution is -2.43. The maximum Gasteiger partial charge on any atom is 0.276 e. The molecule has 0 aromatic heterocycles. The summed E-state index contributed by atoms with van der Waals surface area (Å²) in [5, 5.41) is 0. The van der Waals surface area contributed by atoms with E-state index < -0.39 is 0 Å². The topological polar surface area (TPSA) is 67.4 Å². The third-order valence-electron chi connectivity index (χ3n) is 3.24. The normalized spacial score (nSPS) is 10.1. The fraction of sp³-hybridized carbons (Fsp3) is 0.529. The van der Waals surface area contributed by atoms with Crippen LogP contribution in [0, 0.1) is 6.92 Å². The highest BCUT2D eigenvalue weighted by atomic mass is 16.5. The standard InChI is InChI=1S/C17H26N2O3/c1-3-4-5-6-7-8-16(20)18-19-17(21)13-22-15-11-9-14(2)10-12-15/h9-12H,3-8,13H2,1-2H3,(H,18,20)(H,19,21). The minimum Gasteiger partial charge on any atom is -0.484 e. The fourth-order valence-electron chi connectivity index (χ4n) is 1.91. The number of hydrazine groups is 1. The van der Waals surface area contributed by atoms with Crippen molar-refractivity contribution >= 4 is 11.8 Å². The molecule has 2 N–H and O–H groups in total. The number of benzene rings is 1. The van der Waals surface area contributed by atoms with Gasteiger partial charge in [0, 0.05) is 6.42 Å². The molecule has 0 bridgehead atoms. The highest BCUT2D eigenvalue weighted by Gasteiger charge is 2.05. The number of carbonyl (C=O) groups is 2. The van der Waals surface area contributed by atoms with Gasteiger partial charge in [-0.3, -0.25) is 20.4 Å². The summed E-state index contributed by atoms with van der Waals surface area (Å²) in [6.07, 6.45) is 5.87. The first-order valence-electron chi connectivity index (χ1n) is 7.89. The molecule has 0 aliphatic rings. The first kappa shape index (κ1) is 18.0. The van der Waals surface area contributed by atoms with Gasteiger partial charge in [-0.05, 0) is 25.5 Å². The molecule has 22 heavy (non-hydrogen) atoms. The van der Waals surface area contributed by atoms with Crippen molar-refractivity contribution in [2.24, 2.45) is 0 Å². The molecule has 0 heterocycles. The van der Waals surface area contributed by atoms with Crippen LogP contribution in [0.4, 0.5) is 0 Å². The van der Waals surface area contributed by atoms with Crippen LogP contribution in [-0.4, -0.2) is 18.4 Å². The minimum absolute atomic E-state index is 0.125. The van der Waals surface area contributed by atoms with Crippen LogP contribution in [0.1, 0.15) is 51.0 Å². The van der Waals surface area contributed by atoms with Gasteiger partial charge in [-0.2, -0.15) is 0 Å². The van der Waals surface area contributed by atoms with Crippen LogP contribution in [0.15, 0.2) is 24.3 Å². The van der Waals surface area contributed by atoms with Gasteiger partial charge >= 0.3 is 0 Å². The molecule has 0 radical (unpaired) electrons. The lowest BCUT2D eigenvalue weighted by atomic mass is 10.1. The Kier molecular flexibility index (Phi) is 8.72. The number of ether oxygens (including phenoxy) is 1. The molecule has 5 heteroatoms. The Bertz CT molecular complexity index is 457. The molecule has 5 nitrogen and oxygen atoms in total. The summed E-state index contributed by atoms with van der Waals surface area (Å²) in [4.78, 5) is 23.1. The van der Waals surface area contributed by atoms with Crippen LogP contribution < -0.4 is 15.6 Å². The monoisotopic (exact) mass is 306 g/mol. The van der Waals surface area contributed by atoms with Gasteiger partial charge in [0.15, 0.2) is 6.61 Å². The van der Waals surface area contributed by atoms with Crippen molar-refractivity contribution in [3.8, 4) is 5.75 Å². The second-order valence-corrected chi connectivity index (χ2v) is 5.36. The van der Waals surface area contributed by atoms with Crippen molar-refractivity contribution in [3.05, 3.63) is 29.8 Å². The fourth-order valence-corrected chi connectivity index (χ4v) is 1.91. The Morgan fingerprint density at radius 2 is 1.59 bits per heavy atom. The third kappa shape index (κ3) is 8.29. The van der Waals surface area contributed by atoms with E-state index in [-0.39, 0.29) is 18.4 Å². The predicted molar refractivity (Wildman–Crippen MR) is 86.3 cm³/mol. The van der Waals surface area contributed by atoms with Gasteiger partial charge < -0.3 is 4.74 Å². The lowest BCUT2D eigenvalue weighted by molar-refractivity contribution is -0.130. The molecule has 0 fully saturated rings. The van der Waals surface area contributed by atoms with E-state index in [1.807, 2.05) is 19.1 Å². The average molecular weight is 306 g/mol. The van der Waals surface area contributed by atoms with Crippen molar-refractivity contribution in [2.45, 2.75) is 52.4 Å². The van der Waals surface area contributed by atoms with E-state index in [4.69, 9.17) is 4.74 Å². The van der Waals surface area contributed by atoms with Crippen LogP contribution in [0.5, 0.6) is 5.75 Å². The number of aryl methyl sites for hydroxylation is 1. The molecule has 1 rings (SSSR count). The van der Waals surface area contributed by atoms with E-state index in [2.05, 4.69) is 17.8 Å². The minimum atomic E-state index is -0.375. The summed E-state index contributed by atoms with van der Waals surface area (Å²) in [5.41, 5.74) is 5.88. The van der Waals surface area contributed by atoms with Crippen LogP contribution in [0.25, 0.3) is 0 Å². The van der Waals surface area contributed by atoms with Gasteiger partial charge in [-0.1, -0.05) is 50.3 Å². The lowest BCUT2D eigenvalue weighted by Gasteiger charge is -2.09. The van der Waals surface area contributed by atoms with Gasteiger partial charge in [-0.15, -0.1) is 0 Å². The number of amides is 2. The molecule has 122 valence electrons. The van der Waals surface area contributed by atoms with Gasteiger partial charge in [-0.25, -0.2) is 0 Å². The average Bonchev–Trinajstić information content (AvgIpc) is 2.52. The zero-order valence-corrected chi connectivity index (χ0v) is 13.5. The highest BCUT2D eigenvalue weighted by molar-refractivity contribution is 5.82. The smallest absolute Gasteiger partial charge is 0.276 e. The van der Waals surface area contributed by atoms with E-state index in [1.165, 1.54) is 12.8 Å². The summed E-state index contributed by atoms with van der Waals surface area (Å²) in [6.45, 7) is 4.01. The Labute approximate surface area is 132 Å². The van der Waals surface area contributed by atoms with E-state index in [0.29, 0.717) is 12.2 Å². The van der Waals surface area contributed by atoms with Gasteiger partial charge in [0.25, 0.3) is 5.91 Å². The molecular formula is C17H26N2O3. The quantitative estimate of drug-likeness (QED) is 0.544. The van der Waals surface area contributed by atoms with Gasteiger partial charge in [0.05, 0.1) is 0 Å². The van der Waals surface area contributed by atoms with Crippen molar-refractivity contribution in [3.63, 3.8) is 0 Å². The molecule has 0 unspecified atom stereocenters. The summed E-state index contributed by atoms with van der Waals surface area (Å²) in [5.74, 6) is 0.0862. The Morgan fingerprint density at radius 1 is 0.955 bits per heavy atom.